The van der Waals surface area contributed by atoms with Crippen LogP contribution in [-0.4, -0.2) is 316 Å². The molecule has 30 heteroatoms. The van der Waals surface area contributed by atoms with E-state index in [4.69, 9.17) is 56.8 Å². The highest BCUT2D eigenvalue weighted by molar-refractivity contribution is 5.17. The van der Waals surface area contributed by atoms with E-state index in [1.165, 1.54) is 0 Å². The van der Waals surface area contributed by atoms with Crippen molar-refractivity contribution in [3.8, 4) is 0 Å². The van der Waals surface area contributed by atoms with Gasteiger partial charge in [0.2, 0.25) is 0 Å². The third kappa shape index (κ3) is 12.5. The number of aliphatic hydroxyl groups excluding tert-OH is 18. The Morgan fingerprint density at radius 3 is 1.70 bits per heavy atom. The Balaban J connectivity index is 0.787. The van der Waals surface area contributed by atoms with Gasteiger partial charge in [-0.05, 0) is 91.3 Å². The standard InChI is InChI=1S/C57H96O30/c1-20(18-77-50-44(73)40(69)37(66)31(14-58)80-50)6-9-57(76-5)21(2)35-30(87-57)11-24-22-10-26(62)25-12-29(27(63)13-56(25,4)23(22)7-8-55(24,35)3)79-52-46(75)42(71)47(34(17-61)83-52)84-54-49(86-53-45(74)41(70)38(67)32(15-59)81-53)48(39(68)33(16-60)82-54)85-51-43(72)36(65)28(64)19-78-51/h20-54,58-75H,6-19H2,1-5H3/t20-,21+,22-,23+,24+,25-,26-,27-,28-,29-,30+,31-,32-,33-,34-,35+,36+,37-,38-,39-,40+,41+,42-,43-,44-,45-,46-,47+,48+,49-,50-,51+,52-,53+,54+,55+,56-,57-/m1/s1. The fraction of sp³-hybridized carbons (Fsp3) is 1.00. The van der Waals surface area contributed by atoms with Crippen molar-refractivity contribution in [1.82, 2.24) is 0 Å². The molecule has 0 bridgehead atoms. The van der Waals surface area contributed by atoms with Crippen molar-refractivity contribution in [2.45, 2.75) is 257 Å². The van der Waals surface area contributed by atoms with Crippen molar-refractivity contribution >= 4 is 0 Å². The molecule has 0 aromatic carbocycles. The number of ether oxygens (including phenoxy) is 12. The van der Waals surface area contributed by atoms with Crippen LogP contribution in [0.15, 0.2) is 0 Å². The number of rotatable bonds is 19. The van der Waals surface area contributed by atoms with Crippen LogP contribution in [0.5, 0.6) is 0 Å². The van der Waals surface area contributed by atoms with Crippen LogP contribution in [0, 0.1) is 52.3 Å². The van der Waals surface area contributed by atoms with Gasteiger partial charge in [0.25, 0.3) is 0 Å². The molecule has 6 aliphatic heterocycles. The third-order valence-electron chi connectivity index (χ3n) is 22.2. The average Bonchev–Trinajstić information content (AvgIpc) is 1.71. The van der Waals surface area contributed by atoms with Crippen LogP contribution >= 0.6 is 0 Å². The van der Waals surface area contributed by atoms with E-state index in [-0.39, 0.29) is 72.4 Å². The van der Waals surface area contributed by atoms with Crippen LogP contribution < -0.4 is 0 Å². The molecule has 10 fully saturated rings. The van der Waals surface area contributed by atoms with Crippen molar-refractivity contribution in [1.29, 1.82) is 0 Å². The van der Waals surface area contributed by atoms with Crippen molar-refractivity contribution < 1.29 is 149 Å². The summed E-state index contributed by atoms with van der Waals surface area (Å²) >= 11 is 0. The summed E-state index contributed by atoms with van der Waals surface area (Å²) in [6, 6.07) is 0. The largest absolute Gasteiger partial charge is 0.394 e. The number of hydrogen-bond donors (Lipinski definition) is 18. The average molecular weight is 1260 g/mol. The molecule has 0 unspecified atom stereocenters. The molecule has 0 aromatic heterocycles. The zero-order chi connectivity index (χ0) is 63.1. The zero-order valence-electron chi connectivity index (χ0n) is 49.6. The van der Waals surface area contributed by atoms with Gasteiger partial charge in [-0.3, -0.25) is 0 Å². The number of fused-ring (bicyclic) bond motifs is 7. The minimum absolute atomic E-state index is 0.0191. The van der Waals surface area contributed by atoms with Gasteiger partial charge in [0.1, 0.15) is 116 Å². The first-order chi connectivity index (χ1) is 41.2. The summed E-state index contributed by atoms with van der Waals surface area (Å²) in [6.45, 7) is 4.90. The highest BCUT2D eigenvalue weighted by Gasteiger charge is 2.70. The molecule has 504 valence electrons. The molecule has 6 saturated heterocycles. The van der Waals surface area contributed by atoms with Gasteiger partial charge in [-0.15, -0.1) is 0 Å². The van der Waals surface area contributed by atoms with E-state index in [2.05, 4.69) is 20.8 Å². The molecular weight excluding hydrogens is 1160 g/mol. The molecule has 10 rings (SSSR count). The lowest BCUT2D eigenvalue weighted by molar-refractivity contribution is -0.404. The highest BCUT2D eigenvalue weighted by Crippen LogP contribution is 2.71. The lowest BCUT2D eigenvalue weighted by atomic mass is 9.43. The quantitative estimate of drug-likeness (QED) is 0.0535. The van der Waals surface area contributed by atoms with E-state index < -0.39 is 210 Å². The molecule has 6 heterocycles. The van der Waals surface area contributed by atoms with E-state index in [0.29, 0.717) is 19.3 Å². The molecule has 0 radical (unpaired) electrons. The van der Waals surface area contributed by atoms with Crippen molar-refractivity contribution in [2.24, 2.45) is 52.3 Å². The molecule has 18 N–H and O–H groups in total. The Morgan fingerprint density at radius 2 is 1.06 bits per heavy atom. The smallest absolute Gasteiger partial charge is 0.187 e. The first-order valence-electron chi connectivity index (χ1n) is 30.9. The van der Waals surface area contributed by atoms with E-state index in [1.807, 2.05) is 6.92 Å². The summed E-state index contributed by atoms with van der Waals surface area (Å²) in [5.74, 6) is -0.850. The van der Waals surface area contributed by atoms with Gasteiger partial charge in [-0.25, -0.2) is 0 Å². The summed E-state index contributed by atoms with van der Waals surface area (Å²) in [4.78, 5) is 0. The monoisotopic (exact) mass is 1260 g/mol. The second-order valence-electron chi connectivity index (χ2n) is 27.1. The predicted octanol–water partition coefficient (Wildman–Crippen LogP) is -6.90. The van der Waals surface area contributed by atoms with Gasteiger partial charge in [-0.1, -0.05) is 27.7 Å². The van der Waals surface area contributed by atoms with Gasteiger partial charge < -0.3 is 149 Å². The van der Waals surface area contributed by atoms with Gasteiger partial charge in [-0.2, -0.15) is 0 Å². The molecule has 4 saturated carbocycles. The molecule has 38 atom stereocenters. The molecule has 30 nitrogen and oxygen atoms in total. The fourth-order valence-electron chi connectivity index (χ4n) is 17.3. The number of aliphatic hydroxyl groups is 18. The molecule has 87 heavy (non-hydrogen) atoms. The van der Waals surface area contributed by atoms with Crippen LogP contribution in [0.2, 0.25) is 0 Å². The zero-order valence-corrected chi connectivity index (χ0v) is 49.6. The van der Waals surface area contributed by atoms with Crippen LogP contribution in [0.3, 0.4) is 0 Å². The topological polar surface area (TPSA) is 475 Å². The Hall–Kier alpha value is -1.20. The van der Waals surface area contributed by atoms with Crippen molar-refractivity contribution in [2.75, 3.05) is 46.8 Å². The van der Waals surface area contributed by atoms with E-state index >= 15 is 0 Å². The fourth-order valence-corrected chi connectivity index (χ4v) is 17.3. The maximum absolute atomic E-state index is 12.3. The Labute approximate surface area is 503 Å². The maximum atomic E-state index is 12.3. The molecule has 0 spiro atoms. The summed E-state index contributed by atoms with van der Waals surface area (Å²) < 4.78 is 72.2. The molecule has 4 aliphatic carbocycles. The first kappa shape index (κ1) is 68.7. The van der Waals surface area contributed by atoms with Crippen LogP contribution in [-0.2, 0) is 56.8 Å². The Morgan fingerprint density at radius 1 is 0.506 bits per heavy atom. The van der Waals surface area contributed by atoms with Gasteiger partial charge in [0.15, 0.2) is 37.2 Å². The highest BCUT2D eigenvalue weighted by atomic mass is 16.8. The van der Waals surface area contributed by atoms with Gasteiger partial charge in [0.05, 0.1) is 64.1 Å². The van der Waals surface area contributed by atoms with Crippen molar-refractivity contribution in [3.05, 3.63) is 0 Å². The molecule has 0 amide bonds. The van der Waals surface area contributed by atoms with Gasteiger partial charge >= 0.3 is 0 Å². The Bertz CT molecular complexity index is 2230. The van der Waals surface area contributed by atoms with Crippen LogP contribution in [0.1, 0.15) is 79.1 Å². The van der Waals surface area contributed by atoms with Gasteiger partial charge in [0, 0.05) is 19.4 Å². The normalized spacial score (nSPS) is 55.6. The lowest BCUT2D eigenvalue weighted by Crippen LogP contribution is -2.68. The third-order valence-corrected chi connectivity index (χ3v) is 22.2. The predicted molar refractivity (Wildman–Crippen MR) is 286 cm³/mol. The van der Waals surface area contributed by atoms with E-state index in [0.717, 1.165) is 19.3 Å². The second kappa shape index (κ2) is 27.3. The summed E-state index contributed by atoms with van der Waals surface area (Å²) in [5.41, 5.74) is -0.736. The molecular formula is C57H96O30. The molecule has 0 aromatic rings. The Kier molecular flexibility index (Phi) is 21.5. The summed E-state index contributed by atoms with van der Waals surface area (Å²) in [5, 5.41) is 195. The summed E-state index contributed by atoms with van der Waals surface area (Å²) in [6.07, 6.45) is -40.5. The molecule has 10 aliphatic rings. The minimum Gasteiger partial charge on any atom is -0.394 e. The van der Waals surface area contributed by atoms with E-state index in [9.17, 15) is 91.9 Å². The van der Waals surface area contributed by atoms with Crippen LogP contribution in [0.4, 0.5) is 0 Å². The minimum atomic E-state index is -2.06. The second-order valence-corrected chi connectivity index (χ2v) is 27.1. The first-order valence-corrected chi connectivity index (χ1v) is 30.9. The maximum Gasteiger partial charge on any atom is 0.187 e. The van der Waals surface area contributed by atoms with E-state index in [1.54, 1.807) is 7.11 Å². The SMILES string of the molecule is CO[C@]1(CC[C@@H](C)CO[C@@H]2O[C@H](CO)[C@@H](O)[C@H](O)[C@H]2O)O[C@H]2C[C@H]3[C@@H]4C[C@@H](O)[C@H]5C[C@@H](O[C@@H]6O[C@H](CO)[C@H](O[C@@H]7O[C@H](CO)[C@@H](O)[C@H](O[C@@H]8OC[C@@H](O)[C@H](O)[C@H]8O)[C@H]7O[C@@H]7O[C@H](CO)[C@@H](O)[C@H](O)[C@H]7O)[C@H](O)[C@H]6O)[C@H](O)C[C@]5(C)[C@H]4CC[C@]3(C)[C@H]2[C@@H]1C. The number of hydrogen-bond acceptors (Lipinski definition) is 30. The number of methoxy groups -OCH3 is 1. The lowest BCUT2D eigenvalue weighted by Gasteiger charge is -2.63. The van der Waals surface area contributed by atoms with Crippen LogP contribution in [0.25, 0.3) is 0 Å². The summed E-state index contributed by atoms with van der Waals surface area (Å²) in [7, 11) is 1.66. The van der Waals surface area contributed by atoms with Crippen molar-refractivity contribution in [3.63, 3.8) is 0 Å².